The van der Waals surface area contributed by atoms with E-state index in [1.54, 1.807) is 30.3 Å². The van der Waals surface area contributed by atoms with Gasteiger partial charge < -0.3 is 11.1 Å². The number of benzene rings is 1. The van der Waals surface area contributed by atoms with Crippen molar-refractivity contribution in [3.8, 4) is 0 Å². The Morgan fingerprint density at radius 3 is 2.33 bits per heavy atom. The van der Waals surface area contributed by atoms with Gasteiger partial charge in [-0.1, -0.05) is 32.0 Å². The van der Waals surface area contributed by atoms with Gasteiger partial charge in [0.25, 0.3) is 5.91 Å². The fourth-order valence-corrected chi connectivity index (χ4v) is 4.79. The number of hydrogen-bond donors (Lipinski definition) is 2. The monoisotopic (exact) mass is 366 g/mol. The largest absolute Gasteiger partial charge is 0.349 e. The first-order valence-electron chi connectivity index (χ1n) is 7.79. The fourth-order valence-electron chi connectivity index (χ4n) is 2.15. The molecule has 1 heterocycles. The zero-order valence-electron chi connectivity index (χ0n) is 13.8. The summed E-state index contributed by atoms with van der Waals surface area (Å²) in [4.78, 5) is 12.8. The Morgan fingerprint density at radius 2 is 1.75 bits per heavy atom. The topological polar surface area (TPSA) is 89.3 Å². The average Bonchev–Trinajstić information content (AvgIpc) is 3.11. The second kappa shape index (κ2) is 7.46. The van der Waals surface area contributed by atoms with Crippen molar-refractivity contribution in [1.82, 2.24) is 5.32 Å². The SMILES string of the molecule is CCC(N)(CC)CNC(=O)c1ccc(S(=O)(=O)c2ccccc2)s1. The minimum atomic E-state index is -3.59. The second-order valence-corrected chi connectivity index (χ2v) is 8.95. The van der Waals surface area contributed by atoms with Crippen molar-refractivity contribution in [3.63, 3.8) is 0 Å². The van der Waals surface area contributed by atoms with Gasteiger partial charge in [0.1, 0.15) is 4.21 Å². The molecule has 0 saturated carbocycles. The Hall–Kier alpha value is -1.70. The van der Waals surface area contributed by atoms with E-state index in [1.165, 1.54) is 12.1 Å². The Labute approximate surface area is 146 Å². The lowest BCUT2D eigenvalue weighted by atomic mass is 9.94. The van der Waals surface area contributed by atoms with Crippen LogP contribution in [0.25, 0.3) is 0 Å². The number of thiophene rings is 1. The summed E-state index contributed by atoms with van der Waals surface area (Å²) in [7, 11) is -3.59. The highest BCUT2D eigenvalue weighted by atomic mass is 32.2. The highest BCUT2D eigenvalue weighted by Crippen LogP contribution is 2.27. The number of nitrogens with two attached hydrogens (primary N) is 1. The first kappa shape index (κ1) is 18.6. The number of carbonyl (C=O) groups is 1. The van der Waals surface area contributed by atoms with E-state index in [0.717, 1.165) is 24.2 Å². The third-order valence-corrected chi connectivity index (χ3v) is 7.48. The van der Waals surface area contributed by atoms with Gasteiger partial charge in [0.2, 0.25) is 9.84 Å². The Kier molecular flexibility index (Phi) is 5.79. The zero-order chi connectivity index (χ0) is 17.8. The predicted molar refractivity (Wildman–Crippen MR) is 96.0 cm³/mol. The van der Waals surface area contributed by atoms with Crippen LogP contribution in [0.1, 0.15) is 36.4 Å². The minimum Gasteiger partial charge on any atom is -0.349 e. The number of nitrogens with one attached hydrogen (secondary N) is 1. The van der Waals surface area contributed by atoms with Crippen molar-refractivity contribution < 1.29 is 13.2 Å². The zero-order valence-corrected chi connectivity index (χ0v) is 15.4. The standard InChI is InChI=1S/C17H22N2O3S2/c1-3-17(18,4-2)12-19-16(20)14-10-11-15(23-14)24(21,22)13-8-6-5-7-9-13/h5-11H,3-4,12,18H2,1-2H3,(H,19,20). The van der Waals surface area contributed by atoms with Gasteiger partial charge >= 0.3 is 0 Å². The molecule has 1 amide bonds. The molecule has 0 saturated heterocycles. The van der Waals surface area contributed by atoms with Crippen LogP contribution in [0.2, 0.25) is 0 Å². The summed E-state index contributed by atoms with van der Waals surface area (Å²) >= 11 is 0.968. The molecule has 0 unspecified atom stereocenters. The molecule has 0 aliphatic heterocycles. The first-order chi connectivity index (χ1) is 11.3. The molecule has 0 fully saturated rings. The summed E-state index contributed by atoms with van der Waals surface area (Å²) in [5.41, 5.74) is 5.73. The van der Waals surface area contributed by atoms with Gasteiger partial charge in [-0.3, -0.25) is 4.79 Å². The maximum atomic E-state index is 12.5. The molecule has 0 spiro atoms. The third kappa shape index (κ3) is 4.03. The van der Waals surface area contributed by atoms with Crippen LogP contribution in [-0.2, 0) is 9.84 Å². The number of amides is 1. The molecule has 7 heteroatoms. The van der Waals surface area contributed by atoms with E-state index in [2.05, 4.69) is 5.32 Å². The summed E-state index contributed by atoms with van der Waals surface area (Å²) in [6.07, 6.45) is 1.50. The maximum Gasteiger partial charge on any atom is 0.261 e. The van der Waals surface area contributed by atoms with Gasteiger partial charge in [-0.05, 0) is 37.1 Å². The van der Waals surface area contributed by atoms with E-state index in [4.69, 9.17) is 5.73 Å². The van der Waals surface area contributed by atoms with Crippen LogP contribution < -0.4 is 11.1 Å². The first-order valence-corrected chi connectivity index (χ1v) is 10.1. The van der Waals surface area contributed by atoms with Gasteiger partial charge in [0, 0.05) is 12.1 Å². The van der Waals surface area contributed by atoms with Crippen LogP contribution in [0.15, 0.2) is 51.6 Å². The summed E-state index contributed by atoms with van der Waals surface area (Å²) in [5.74, 6) is -0.300. The van der Waals surface area contributed by atoms with E-state index in [9.17, 15) is 13.2 Å². The number of rotatable bonds is 7. The molecule has 0 atom stereocenters. The van der Waals surface area contributed by atoms with Gasteiger partial charge in [-0.15, -0.1) is 11.3 Å². The van der Waals surface area contributed by atoms with E-state index in [0.29, 0.717) is 11.4 Å². The number of carbonyl (C=O) groups excluding carboxylic acids is 1. The predicted octanol–water partition coefficient (Wildman–Crippen LogP) is 2.83. The van der Waals surface area contributed by atoms with Crippen molar-refractivity contribution in [1.29, 1.82) is 0 Å². The summed E-state index contributed by atoms with van der Waals surface area (Å²) < 4.78 is 25.2. The average molecular weight is 367 g/mol. The van der Waals surface area contributed by atoms with E-state index in [1.807, 2.05) is 13.8 Å². The summed E-state index contributed by atoms with van der Waals surface area (Å²) in [6, 6.07) is 11.2. The van der Waals surface area contributed by atoms with Crippen LogP contribution in [0.4, 0.5) is 0 Å². The van der Waals surface area contributed by atoms with Crippen LogP contribution in [0, 0.1) is 0 Å². The lowest BCUT2D eigenvalue weighted by molar-refractivity contribution is 0.0946. The molecule has 5 nitrogen and oxygen atoms in total. The van der Waals surface area contributed by atoms with Gasteiger partial charge in [0.15, 0.2) is 0 Å². The number of hydrogen-bond acceptors (Lipinski definition) is 5. The van der Waals surface area contributed by atoms with Crippen molar-refractivity contribution in [3.05, 3.63) is 47.3 Å². The van der Waals surface area contributed by atoms with Crippen molar-refractivity contribution in [2.24, 2.45) is 5.73 Å². The molecule has 1 aromatic carbocycles. The van der Waals surface area contributed by atoms with Crippen LogP contribution >= 0.6 is 11.3 Å². The Bertz CT molecular complexity index is 794. The summed E-state index contributed by atoms with van der Waals surface area (Å²) in [5, 5.41) is 2.80. The van der Waals surface area contributed by atoms with Crippen LogP contribution in [-0.4, -0.2) is 26.4 Å². The second-order valence-electron chi connectivity index (χ2n) is 5.69. The molecular formula is C17H22N2O3S2. The quantitative estimate of drug-likeness (QED) is 0.788. The molecule has 2 rings (SSSR count). The molecular weight excluding hydrogens is 344 g/mol. The molecule has 24 heavy (non-hydrogen) atoms. The summed E-state index contributed by atoms with van der Waals surface area (Å²) in [6.45, 7) is 4.31. The molecule has 0 aliphatic rings. The van der Waals surface area contributed by atoms with Gasteiger partial charge in [0.05, 0.1) is 9.77 Å². The van der Waals surface area contributed by atoms with Crippen molar-refractivity contribution in [2.45, 2.75) is 41.3 Å². The Balaban J connectivity index is 2.15. The third-order valence-electron chi connectivity index (χ3n) is 4.13. The number of sulfone groups is 1. The fraction of sp³-hybridized carbons (Fsp3) is 0.353. The molecule has 0 radical (unpaired) electrons. The molecule has 130 valence electrons. The van der Waals surface area contributed by atoms with Crippen LogP contribution in [0.3, 0.4) is 0 Å². The molecule has 3 N–H and O–H groups in total. The molecule has 0 bridgehead atoms. The van der Waals surface area contributed by atoms with Crippen molar-refractivity contribution >= 4 is 27.1 Å². The highest BCUT2D eigenvalue weighted by molar-refractivity contribution is 7.93. The lowest BCUT2D eigenvalue weighted by Crippen LogP contribution is -2.49. The molecule has 0 aliphatic carbocycles. The molecule has 1 aromatic heterocycles. The van der Waals surface area contributed by atoms with Gasteiger partial charge in [-0.25, -0.2) is 8.42 Å². The molecule has 2 aromatic rings. The van der Waals surface area contributed by atoms with Crippen LogP contribution in [0.5, 0.6) is 0 Å². The van der Waals surface area contributed by atoms with Crippen molar-refractivity contribution in [2.75, 3.05) is 6.54 Å². The smallest absolute Gasteiger partial charge is 0.261 e. The van der Waals surface area contributed by atoms with E-state index < -0.39 is 15.4 Å². The van der Waals surface area contributed by atoms with E-state index in [-0.39, 0.29) is 15.0 Å². The minimum absolute atomic E-state index is 0.156. The Morgan fingerprint density at radius 1 is 1.12 bits per heavy atom. The van der Waals surface area contributed by atoms with Gasteiger partial charge in [-0.2, -0.15) is 0 Å². The maximum absolute atomic E-state index is 12.5. The highest BCUT2D eigenvalue weighted by Gasteiger charge is 2.24. The van der Waals surface area contributed by atoms with E-state index >= 15 is 0 Å². The lowest BCUT2D eigenvalue weighted by Gasteiger charge is -2.26. The normalized spacial score (nSPS) is 12.1.